The van der Waals surface area contributed by atoms with E-state index in [1.807, 2.05) is 0 Å². The molecule has 386 valence electrons. The van der Waals surface area contributed by atoms with E-state index in [4.69, 9.17) is 17.2 Å². The second-order valence-electron chi connectivity index (χ2n) is 17.3. The maximum Gasteiger partial charge on any atom is 0.303 e. The Labute approximate surface area is 405 Å². The van der Waals surface area contributed by atoms with Gasteiger partial charge in [0.1, 0.15) is 48.1 Å². The third-order valence-electron chi connectivity index (χ3n) is 11.8. The number of para-hydroxylation sites is 1. The highest BCUT2D eigenvalue weighted by molar-refractivity contribution is 5.99. The molecule has 9 unspecified atom stereocenters. The van der Waals surface area contributed by atoms with Gasteiger partial charge < -0.3 is 74.5 Å². The van der Waals surface area contributed by atoms with Gasteiger partial charge in [0.2, 0.25) is 47.3 Å². The number of ketones is 1. The average Bonchev–Trinajstić information content (AvgIpc) is 3.96. The Morgan fingerprint density at radius 1 is 0.829 bits per heavy atom. The van der Waals surface area contributed by atoms with Crippen LogP contribution in [0.2, 0.25) is 0 Å². The number of likely N-dealkylation sites (tertiary alicyclic amines) is 1. The SMILES string of the molecule is CCC(C)C(NC(=O)C1CCCN1C(=O)C(NC)C(C)O)C(=O)NC(CCCN=C(N)N)C(=O)NC(CC(N)=O)C(=O)NC(CCC(=O)O)C(=O)NC(Cc1c[nH]c2ccccc12)C(=O)NCC(C)=O. The third kappa shape index (κ3) is 17.4. The number of nitrogens with zero attached hydrogens (tertiary/aromatic N) is 2. The number of primary amides is 1. The van der Waals surface area contributed by atoms with E-state index in [1.165, 1.54) is 25.8 Å². The van der Waals surface area contributed by atoms with E-state index in [0.717, 1.165) is 10.9 Å². The minimum absolute atomic E-state index is 0.00122. The largest absolute Gasteiger partial charge is 0.481 e. The van der Waals surface area contributed by atoms with Crippen LogP contribution in [0.5, 0.6) is 0 Å². The number of aliphatic carboxylic acids is 1. The average molecular weight is 984 g/mol. The van der Waals surface area contributed by atoms with Crippen molar-refractivity contribution < 1.29 is 58.2 Å². The first-order valence-electron chi connectivity index (χ1n) is 23.1. The molecule has 0 saturated carbocycles. The lowest BCUT2D eigenvalue weighted by molar-refractivity contribution is -0.143. The van der Waals surface area contributed by atoms with E-state index in [2.05, 4.69) is 47.2 Å². The summed E-state index contributed by atoms with van der Waals surface area (Å²) in [6, 6.07) is -2.34. The smallest absolute Gasteiger partial charge is 0.303 e. The summed E-state index contributed by atoms with van der Waals surface area (Å²) in [6.45, 7) is 6.01. The zero-order valence-electron chi connectivity index (χ0n) is 40.2. The molecule has 1 aromatic carbocycles. The number of hydrogen-bond acceptors (Lipinski definition) is 13. The fourth-order valence-electron chi connectivity index (χ4n) is 7.87. The fourth-order valence-corrected chi connectivity index (χ4v) is 7.87. The number of H-pyrrole nitrogens is 1. The van der Waals surface area contributed by atoms with Crippen LogP contribution >= 0.6 is 0 Å². The molecule has 1 saturated heterocycles. The third-order valence-corrected chi connectivity index (χ3v) is 11.8. The van der Waals surface area contributed by atoms with Gasteiger partial charge in [-0.25, -0.2) is 0 Å². The summed E-state index contributed by atoms with van der Waals surface area (Å²) < 4.78 is 0. The first kappa shape index (κ1) is 57.2. The van der Waals surface area contributed by atoms with Crippen molar-refractivity contribution in [2.24, 2.45) is 28.1 Å². The number of aromatic nitrogens is 1. The standard InChI is InChI=1S/C45H69N13O12/c1-6-23(2)36(57-42(68)33-14-10-18-58(33)44(70)37(49-5)25(4)60)43(69)54-29(13-9-17-50-45(47)48)39(65)56-32(20-34(46)61)41(67)53-30(15-16-35(62)63)40(66)55-31(38(64)52-21-24(3)59)19-26-22-51-28-12-8-7-11-27(26)28/h7-8,11-12,22-23,25,29-33,36-37,49,51,60H,6,9-10,13-21H2,1-5H3,(H2,46,61)(H,52,64)(H,53,67)(H,54,69)(H,55,66)(H,56,65)(H,57,68)(H,62,63)(H4,47,48,50). The molecule has 1 fully saturated rings. The van der Waals surface area contributed by atoms with Gasteiger partial charge >= 0.3 is 5.97 Å². The summed E-state index contributed by atoms with van der Waals surface area (Å²) >= 11 is 0. The molecule has 2 aromatic rings. The topological polar surface area (TPSA) is 405 Å². The van der Waals surface area contributed by atoms with Gasteiger partial charge in [-0.2, -0.15) is 0 Å². The summed E-state index contributed by atoms with van der Waals surface area (Å²) in [7, 11) is 1.50. The molecule has 0 aliphatic carbocycles. The Morgan fingerprint density at radius 2 is 1.44 bits per heavy atom. The van der Waals surface area contributed by atoms with E-state index >= 15 is 0 Å². The zero-order chi connectivity index (χ0) is 52.2. The lowest BCUT2D eigenvalue weighted by Gasteiger charge is -2.32. The first-order chi connectivity index (χ1) is 33.1. The predicted octanol–water partition coefficient (Wildman–Crippen LogP) is -3.36. The highest BCUT2D eigenvalue weighted by Gasteiger charge is 2.41. The van der Waals surface area contributed by atoms with Crippen LogP contribution in [0.4, 0.5) is 0 Å². The lowest BCUT2D eigenvalue weighted by Crippen LogP contribution is -2.61. The molecule has 3 rings (SSSR count). The van der Waals surface area contributed by atoms with Gasteiger partial charge in [-0.15, -0.1) is 0 Å². The second-order valence-corrected chi connectivity index (χ2v) is 17.3. The van der Waals surface area contributed by atoms with Crippen molar-refractivity contribution in [3.05, 3.63) is 36.0 Å². The molecule has 9 atom stereocenters. The molecule has 25 heteroatoms. The number of carbonyl (C=O) groups excluding carboxylic acids is 9. The molecule has 25 nitrogen and oxygen atoms in total. The van der Waals surface area contributed by atoms with Crippen molar-refractivity contribution in [3.63, 3.8) is 0 Å². The monoisotopic (exact) mass is 984 g/mol. The molecule has 16 N–H and O–H groups in total. The van der Waals surface area contributed by atoms with Crippen LogP contribution in [0.3, 0.4) is 0 Å². The molecule has 1 aromatic heterocycles. The number of nitrogens with two attached hydrogens (primary N) is 3. The summed E-state index contributed by atoms with van der Waals surface area (Å²) in [5.74, 6) is -9.46. The van der Waals surface area contributed by atoms with Crippen molar-refractivity contribution >= 4 is 75.9 Å². The quantitative estimate of drug-likeness (QED) is 0.0215. The van der Waals surface area contributed by atoms with E-state index in [0.29, 0.717) is 18.4 Å². The molecule has 8 amide bonds. The van der Waals surface area contributed by atoms with Crippen molar-refractivity contribution in [2.75, 3.05) is 26.7 Å². The number of carboxylic acid groups (broad SMARTS) is 1. The molecule has 0 radical (unpaired) electrons. The number of rotatable bonds is 29. The number of fused-ring (bicyclic) bond motifs is 1. The van der Waals surface area contributed by atoms with Gasteiger partial charge in [0.15, 0.2) is 5.96 Å². The highest BCUT2D eigenvalue weighted by Crippen LogP contribution is 2.22. The summed E-state index contributed by atoms with van der Waals surface area (Å²) in [4.78, 5) is 141. The van der Waals surface area contributed by atoms with Gasteiger partial charge in [0, 0.05) is 43.0 Å². The number of amides is 8. The van der Waals surface area contributed by atoms with E-state index in [-0.39, 0.29) is 57.1 Å². The number of hydrogen-bond donors (Lipinski definition) is 13. The van der Waals surface area contributed by atoms with Crippen LogP contribution in [0, 0.1) is 5.92 Å². The Bertz CT molecular complexity index is 2230. The van der Waals surface area contributed by atoms with Crippen molar-refractivity contribution in [1.29, 1.82) is 0 Å². The van der Waals surface area contributed by atoms with Crippen LogP contribution in [0.25, 0.3) is 10.9 Å². The molecular weight excluding hydrogens is 915 g/mol. The second kappa shape index (κ2) is 27.7. The van der Waals surface area contributed by atoms with Crippen molar-refractivity contribution in [3.8, 4) is 0 Å². The summed E-state index contributed by atoms with van der Waals surface area (Å²) in [6.07, 6.45) is -0.457. The van der Waals surface area contributed by atoms with E-state index < -0.39 is 127 Å². The maximum atomic E-state index is 14.1. The molecule has 2 heterocycles. The van der Waals surface area contributed by atoms with Crippen LogP contribution in [-0.2, 0) is 54.4 Å². The van der Waals surface area contributed by atoms with Crippen molar-refractivity contribution in [2.45, 2.75) is 134 Å². The zero-order valence-corrected chi connectivity index (χ0v) is 40.2. The van der Waals surface area contributed by atoms with Gasteiger partial charge in [0.25, 0.3) is 0 Å². The number of guanidine groups is 1. The Hall–Kier alpha value is -7.15. The number of aromatic amines is 1. The number of likely N-dealkylation sites (N-methyl/N-ethyl adjacent to an activating group) is 1. The molecular formula is C45H69N13O12. The molecule has 0 spiro atoms. The van der Waals surface area contributed by atoms with E-state index in [1.54, 1.807) is 44.3 Å². The number of aliphatic hydroxyl groups is 1. The van der Waals surface area contributed by atoms with Gasteiger partial charge in [-0.05, 0) is 70.5 Å². The molecule has 70 heavy (non-hydrogen) atoms. The fraction of sp³-hybridized carbons (Fsp3) is 0.578. The normalized spacial score (nSPS) is 16.7. The van der Waals surface area contributed by atoms with Crippen LogP contribution in [0.15, 0.2) is 35.5 Å². The predicted molar refractivity (Wildman–Crippen MR) is 255 cm³/mol. The number of Topliss-reactive ketones (excluding diaryl/α,β-unsaturated/α-hetero) is 1. The number of benzene rings is 1. The minimum Gasteiger partial charge on any atom is -0.481 e. The molecule has 0 bridgehead atoms. The maximum absolute atomic E-state index is 14.1. The number of nitrogens with one attached hydrogen (secondary N) is 8. The van der Waals surface area contributed by atoms with Crippen LogP contribution in [0.1, 0.15) is 84.6 Å². The minimum atomic E-state index is -1.80. The number of carboxylic acids is 1. The first-order valence-corrected chi connectivity index (χ1v) is 23.1. The Morgan fingerprint density at radius 3 is 2.04 bits per heavy atom. The van der Waals surface area contributed by atoms with Crippen LogP contribution < -0.4 is 54.4 Å². The van der Waals surface area contributed by atoms with E-state index in [9.17, 15) is 58.2 Å². The number of aliphatic imine (C=N–C) groups is 1. The van der Waals surface area contributed by atoms with Crippen LogP contribution in [-0.4, -0.2) is 160 Å². The molecule has 1 aliphatic rings. The van der Waals surface area contributed by atoms with Gasteiger partial charge in [-0.3, -0.25) is 52.9 Å². The summed E-state index contributed by atoms with van der Waals surface area (Å²) in [5, 5.41) is 38.3. The lowest BCUT2D eigenvalue weighted by atomic mass is 9.96. The number of carbonyl (C=O) groups is 10. The van der Waals surface area contributed by atoms with Gasteiger partial charge in [-0.1, -0.05) is 38.5 Å². The van der Waals surface area contributed by atoms with Gasteiger partial charge in [0.05, 0.1) is 19.1 Å². The Balaban J connectivity index is 1.90. The number of aliphatic hydroxyl groups excluding tert-OH is 1. The van der Waals surface area contributed by atoms with Crippen molar-refractivity contribution in [1.82, 2.24) is 47.1 Å². The molecule has 1 aliphatic heterocycles. The Kier molecular flexibility index (Phi) is 22.7. The highest BCUT2D eigenvalue weighted by atomic mass is 16.4. The summed E-state index contributed by atoms with van der Waals surface area (Å²) in [5.41, 5.74) is 17.8.